The number of carbonyl (C=O) groups excluding carboxylic acids is 2. The van der Waals surface area contributed by atoms with Crippen LogP contribution in [0.15, 0.2) is 66.2 Å². The van der Waals surface area contributed by atoms with E-state index in [0.717, 1.165) is 0 Å². The summed E-state index contributed by atoms with van der Waals surface area (Å²) >= 11 is 6.46. The average Bonchev–Trinajstić information content (AvgIpc) is 2.92. The largest absolute Gasteiger partial charge is 0.490 e. The van der Waals surface area contributed by atoms with Gasteiger partial charge in [-0.1, -0.05) is 11.6 Å². The molecule has 0 radical (unpaired) electrons. The van der Waals surface area contributed by atoms with Crippen molar-refractivity contribution in [3.05, 3.63) is 98.1 Å². The van der Waals surface area contributed by atoms with Gasteiger partial charge >= 0.3 is 5.97 Å². The number of hydrogen-bond donors (Lipinski definition) is 1. The molecule has 0 spiro atoms. The third-order valence-corrected chi connectivity index (χ3v) is 5.47. The molecule has 0 aliphatic rings. The van der Waals surface area contributed by atoms with Gasteiger partial charge in [-0.05, 0) is 79.6 Å². The van der Waals surface area contributed by atoms with Crippen LogP contribution in [-0.4, -0.2) is 30.0 Å². The van der Waals surface area contributed by atoms with Crippen LogP contribution in [0.1, 0.15) is 35.3 Å². The number of anilines is 1. The standard InChI is InChI=1S/C28H24ClN3O7/c1-3-37-25-15-19(14-24(29)26(25)39-17-18-5-11-23(12-6-18)32(35)36)13-21(16-30)27(33)31-22-9-7-20(8-10-22)28(34)38-4-2/h5-15H,3-4,17H2,1-2H3,(H,31,33)/b21-13+. The smallest absolute Gasteiger partial charge is 0.338 e. The van der Waals surface area contributed by atoms with Crippen molar-refractivity contribution in [3.8, 4) is 17.6 Å². The lowest BCUT2D eigenvalue weighted by molar-refractivity contribution is -0.384. The molecule has 3 aromatic carbocycles. The maximum Gasteiger partial charge on any atom is 0.338 e. The van der Waals surface area contributed by atoms with Gasteiger partial charge in [-0.25, -0.2) is 4.79 Å². The highest BCUT2D eigenvalue weighted by Gasteiger charge is 2.16. The minimum Gasteiger partial charge on any atom is -0.490 e. The molecule has 0 unspecified atom stereocenters. The maximum absolute atomic E-state index is 12.7. The summed E-state index contributed by atoms with van der Waals surface area (Å²) in [4.78, 5) is 34.9. The van der Waals surface area contributed by atoms with Crippen LogP contribution in [0.2, 0.25) is 5.02 Å². The molecule has 39 heavy (non-hydrogen) atoms. The Balaban J connectivity index is 1.77. The number of nitriles is 1. The first-order chi connectivity index (χ1) is 18.7. The van der Waals surface area contributed by atoms with Crippen LogP contribution in [0, 0.1) is 21.4 Å². The van der Waals surface area contributed by atoms with Crippen LogP contribution < -0.4 is 14.8 Å². The van der Waals surface area contributed by atoms with Crippen molar-refractivity contribution in [2.75, 3.05) is 18.5 Å². The van der Waals surface area contributed by atoms with E-state index in [-0.39, 0.29) is 35.2 Å². The van der Waals surface area contributed by atoms with Crippen molar-refractivity contribution in [2.24, 2.45) is 0 Å². The maximum atomic E-state index is 12.7. The lowest BCUT2D eigenvalue weighted by atomic mass is 10.1. The van der Waals surface area contributed by atoms with Crippen LogP contribution >= 0.6 is 11.6 Å². The minimum absolute atomic E-state index is 0.0334. The molecule has 0 aliphatic heterocycles. The molecule has 200 valence electrons. The molecule has 10 nitrogen and oxygen atoms in total. The fraction of sp³-hybridized carbons (Fsp3) is 0.179. The number of rotatable bonds is 11. The van der Waals surface area contributed by atoms with E-state index in [0.29, 0.717) is 34.7 Å². The van der Waals surface area contributed by atoms with Crippen molar-refractivity contribution in [3.63, 3.8) is 0 Å². The molecular formula is C28H24ClN3O7. The van der Waals surface area contributed by atoms with Crippen LogP contribution in [0.5, 0.6) is 11.5 Å². The van der Waals surface area contributed by atoms with E-state index in [1.54, 1.807) is 32.0 Å². The molecular weight excluding hydrogens is 526 g/mol. The Morgan fingerprint density at radius 1 is 1.05 bits per heavy atom. The van der Waals surface area contributed by atoms with Gasteiger partial charge in [0.1, 0.15) is 18.2 Å². The zero-order chi connectivity index (χ0) is 28.4. The first-order valence-corrected chi connectivity index (χ1v) is 12.2. The van der Waals surface area contributed by atoms with Crippen molar-refractivity contribution < 1.29 is 28.7 Å². The molecule has 3 aromatic rings. The van der Waals surface area contributed by atoms with E-state index >= 15 is 0 Å². The van der Waals surface area contributed by atoms with Crippen molar-refractivity contribution >= 4 is 40.9 Å². The fourth-order valence-electron chi connectivity index (χ4n) is 3.36. The van der Waals surface area contributed by atoms with Crippen LogP contribution in [-0.2, 0) is 16.1 Å². The highest BCUT2D eigenvalue weighted by molar-refractivity contribution is 6.32. The molecule has 0 atom stereocenters. The first-order valence-electron chi connectivity index (χ1n) is 11.8. The predicted molar refractivity (Wildman–Crippen MR) is 145 cm³/mol. The Kier molecular flexibility index (Phi) is 10.0. The van der Waals surface area contributed by atoms with Crippen molar-refractivity contribution in [1.82, 2.24) is 0 Å². The van der Waals surface area contributed by atoms with E-state index in [9.17, 15) is 25.0 Å². The molecule has 0 fully saturated rings. The second-order valence-electron chi connectivity index (χ2n) is 7.90. The summed E-state index contributed by atoms with van der Waals surface area (Å²) in [7, 11) is 0. The fourth-order valence-corrected chi connectivity index (χ4v) is 3.64. The summed E-state index contributed by atoms with van der Waals surface area (Å²) in [5.74, 6) is -0.590. The summed E-state index contributed by atoms with van der Waals surface area (Å²) in [5, 5.41) is 23.2. The van der Waals surface area contributed by atoms with Crippen LogP contribution in [0.25, 0.3) is 6.08 Å². The first kappa shape index (κ1) is 28.7. The van der Waals surface area contributed by atoms with Gasteiger partial charge in [-0.15, -0.1) is 0 Å². The summed E-state index contributed by atoms with van der Waals surface area (Å²) in [5.41, 5.74) is 1.60. The molecule has 11 heteroatoms. The number of benzene rings is 3. The number of non-ortho nitro benzene ring substituents is 1. The Hall–Kier alpha value is -4.88. The molecule has 1 N–H and O–H groups in total. The molecule has 0 saturated heterocycles. The van der Waals surface area contributed by atoms with E-state index in [1.165, 1.54) is 48.5 Å². The molecule has 0 heterocycles. The van der Waals surface area contributed by atoms with Crippen LogP contribution in [0.3, 0.4) is 0 Å². The third-order valence-electron chi connectivity index (χ3n) is 5.19. The predicted octanol–water partition coefficient (Wildman–Crippen LogP) is 5.95. The number of nitro groups is 1. The van der Waals surface area contributed by atoms with Gasteiger partial charge in [0.2, 0.25) is 0 Å². The summed E-state index contributed by atoms with van der Waals surface area (Å²) in [6.45, 7) is 4.10. The quantitative estimate of drug-likeness (QED) is 0.102. The van der Waals surface area contributed by atoms with Gasteiger partial charge in [0.15, 0.2) is 11.5 Å². The Bertz CT molecular complexity index is 1430. The van der Waals surface area contributed by atoms with E-state index in [2.05, 4.69) is 5.32 Å². The highest BCUT2D eigenvalue weighted by atomic mass is 35.5. The van der Waals surface area contributed by atoms with Gasteiger partial charge in [-0.3, -0.25) is 14.9 Å². The highest BCUT2D eigenvalue weighted by Crippen LogP contribution is 2.38. The summed E-state index contributed by atoms with van der Waals surface area (Å²) < 4.78 is 16.4. The second kappa shape index (κ2) is 13.6. The number of esters is 1. The SMILES string of the molecule is CCOC(=O)c1ccc(NC(=O)/C(C#N)=C/c2cc(Cl)c(OCc3ccc([N+](=O)[O-])cc3)c(OCC)c2)cc1. The summed E-state index contributed by atoms with van der Waals surface area (Å²) in [6.07, 6.45) is 1.36. The summed E-state index contributed by atoms with van der Waals surface area (Å²) in [6, 6.07) is 16.9. The number of hydrogen-bond acceptors (Lipinski definition) is 8. The van der Waals surface area contributed by atoms with Gasteiger partial charge in [0.25, 0.3) is 11.6 Å². The molecule has 0 saturated carbocycles. The van der Waals surface area contributed by atoms with Gasteiger partial charge in [0, 0.05) is 17.8 Å². The molecule has 1 amide bonds. The number of carbonyl (C=O) groups is 2. The Labute approximate surface area is 229 Å². The number of nitro benzene ring substituents is 1. The van der Waals surface area contributed by atoms with Crippen molar-refractivity contribution in [2.45, 2.75) is 20.5 Å². The number of ether oxygens (including phenoxy) is 3. The normalized spacial score (nSPS) is 10.8. The molecule has 3 rings (SSSR count). The van der Waals surface area contributed by atoms with E-state index < -0.39 is 16.8 Å². The van der Waals surface area contributed by atoms with Gasteiger partial charge in [-0.2, -0.15) is 5.26 Å². The number of nitrogens with zero attached hydrogens (tertiary/aromatic N) is 2. The topological polar surface area (TPSA) is 141 Å². The molecule has 0 bridgehead atoms. The Morgan fingerprint density at radius 3 is 2.33 bits per heavy atom. The zero-order valence-corrected chi connectivity index (χ0v) is 21.9. The average molecular weight is 550 g/mol. The third kappa shape index (κ3) is 7.80. The second-order valence-corrected chi connectivity index (χ2v) is 8.30. The number of nitrogens with one attached hydrogen (secondary N) is 1. The lowest BCUT2D eigenvalue weighted by Gasteiger charge is -2.15. The van der Waals surface area contributed by atoms with Crippen molar-refractivity contribution in [1.29, 1.82) is 5.26 Å². The lowest BCUT2D eigenvalue weighted by Crippen LogP contribution is -2.13. The van der Waals surface area contributed by atoms with E-state index in [1.807, 2.05) is 6.07 Å². The Morgan fingerprint density at radius 2 is 1.74 bits per heavy atom. The number of halogens is 1. The molecule has 0 aliphatic carbocycles. The number of amides is 1. The van der Waals surface area contributed by atoms with Gasteiger partial charge < -0.3 is 19.5 Å². The minimum atomic E-state index is -0.658. The van der Waals surface area contributed by atoms with E-state index in [4.69, 9.17) is 25.8 Å². The monoisotopic (exact) mass is 549 g/mol. The molecule has 0 aromatic heterocycles. The zero-order valence-electron chi connectivity index (χ0n) is 21.1. The van der Waals surface area contributed by atoms with Crippen LogP contribution in [0.4, 0.5) is 11.4 Å². The van der Waals surface area contributed by atoms with Gasteiger partial charge in [0.05, 0.1) is 28.7 Å².